The molecule has 130 valence electrons. The lowest BCUT2D eigenvalue weighted by atomic mass is 10.2. The van der Waals surface area contributed by atoms with Gasteiger partial charge in [-0.25, -0.2) is 8.42 Å². The zero-order valence-corrected chi connectivity index (χ0v) is 14.3. The average molecular weight is 372 g/mol. The summed E-state index contributed by atoms with van der Waals surface area (Å²) in [6.07, 6.45) is -0.440. The van der Waals surface area contributed by atoms with Gasteiger partial charge in [0.05, 0.1) is 22.6 Å². The van der Waals surface area contributed by atoms with E-state index in [1.54, 1.807) is 0 Å². The van der Waals surface area contributed by atoms with E-state index in [2.05, 4.69) is 0 Å². The lowest BCUT2D eigenvalue weighted by Gasteiger charge is -2.08. The number of benzene rings is 2. The van der Waals surface area contributed by atoms with E-state index >= 15 is 0 Å². The lowest BCUT2D eigenvalue weighted by molar-refractivity contribution is 0.201. The van der Waals surface area contributed by atoms with Gasteiger partial charge in [-0.05, 0) is 42.0 Å². The smallest absolute Gasteiger partial charge is 0.329 e. The van der Waals surface area contributed by atoms with E-state index in [0.717, 1.165) is 0 Å². The molecule has 0 saturated heterocycles. The Morgan fingerprint density at radius 2 is 1.42 bits per heavy atom. The second-order valence-electron chi connectivity index (χ2n) is 5.01. The molecule has 2 aromatic carbocycles. The van der Waals surface area contributed by atoms with Gasteiger partial charge in [0.2, 0.25) is 9.84 Å². The van der Waals surface area contributed by atoms with E-state index in [0.29, 0.717) is 11.3 Å². The third kappa shape index (κ3) is 4.90. The summed E-state index contributed by atoms with van der Waals surface area (Å²) in [5.74, 6) is 0.444. The standard InChI is InChI=1S/C15H17O7PS/c16-9-10-22-13-3-7-15(8-4-13)24(20,21)14-5-1-12(2-6-14)11-23(17,18)19/h1-8,16H,9-11H2,(H2,17,18,19). The Bertz CT molecular complexity index is 823. The minimum Gasteiger partial charge on any atom is -0.491 e. The van der Waals surface area contributed by atoms with Crippen molar-refractivity contribution >= 4 is 17.4 Å². The first-order valence-electron chi connectivity index (χ1n) is 6.95. The van der Waals surface area contributed by atoms with Gasteiger partial charge in [0.25, 0.3) is 0 Å². The van der Waals surface area contributed by atoms with Crippen molar-refractivity contribution in [1.29, 1.82) is 0 Å². The van der Waals surface area contributed by atoms with Gasteiger partial charge in [-0.3, -0.25) is 4.57 Å². The minimum absolute atomic E-state index is 0.0287. The molecule has 0 amide bonds. The Labute approximate surface area is 139 Å². The van der Waals surface area contributed by atoms with Crippen molar-refractivity contribution in [2.75, 3.05) is 13.2 Å². The fourth-order valence-corrected chi connectivity index (χ4v) is 3.97. The second kappa shape index (κ2) is 7.46. The van der Waals surface area contributed by atoms with E-state index < -0.39 is 23.6 Å². The molecule has 2 rings (SSSR count). The van der Waals surface area contributed by atoms with Crippen LogP contribution in [0.2, 0.25) is 0 Å². The molecule has 2 aromatic rings. The van der Waals surface area contributed by atoms with Crippen LogP contribution in [0.1, 0.15) is 5.56 Å². The first-order valence-corrected chi connectivity index (χ1v) is 10.2. The number of hydrogen-bond donors (Lipinski definition) is 3. The largest absolute Gasteiger partial charge is 0.491 e. The first kappa shape index (κ1) is 18.6. The molecule has 0 aliphatic rings. The molecule has 0 heterocycles. The van der Waals surface area contributed by atoms with Gasteiger partial charge in [-0.15, -0.1) is 0 Å². The number of ether oxygens (including phenoxy) is 1. The molecule has 7 nitrogen and oxygen atoms in total. The predicted octanol–water partition coefficient (Wildman–Crippen LogP) is 1.57. The zero-order valence-electron chi connectivity index (χ0n) is 12.6. The molecule has 0 aliphatic heterocycles. The van der Waals surface area contributed by atoms with Crippen LogP contribution in [0.3, 0.4) is 0 Å². The highest BCUT2D eigenvalue weighted by atomic mass is 32.2. The van der Waals surface area contributed by atoms with Crippen molar-refractivity contribution in [2.24, 2.45) is 0 Å². The molecule has 0 saturated carbocycles. The molecular formula is C15H17O7PS. The summed E-state index contributed by atoms with van der Waals surface area (Å²) in [5.41, 5.74) is 0.357. The van der Waals surface area contributed by atoms with Crippen molar-refractivity contribution in [3.63, 3.8) is 0 Å². The Kier molecular flexibility index (Phi) is 5.79. The number of sulfone groups is 1. The van der Waals surface area contributed by atoms with Gasteiger partial charge in [-0.2, -0.15) is 0 Å². The maximum atomic E-state index is 12.5. The summed E-state index contributed by atoms with van der Waals surface area (Å²) in [6.45, 7) is -0.0197. The van der Waals surface area contributed by atoms with Gasteiger partial charge in [0.15, 0.2) is 0 Å². The van der Waals surface area contributed by atoms with E-state index in [-0.39, 0.29) is 23.0 Å². The number of aliphatic hydroxyl groups excluding tert-OH is 1. The Hall–Kier alpha value is -1.70. The molecule has 0 fully saturated rings. The molecule has 0 atom stereocenters. The summed E-state index contributed by atoms with van der Waals surface area (Å²) < 4.78 is 41.2. The summed E-state index contributed by atoms with van der Waals surface area (Å²) in [4.78, 5) is 18.0. The van der Waals surface area contributed by atoms with Gasteiger partial charge in [0, 0.05) is 0 Å². The van der Waals surface area contributed by atoms with Crippen LogP contribution in [0.15, 0.2) is 58.3 Å². The lowest BCUT2D eigenvalue weighted by Crippen LogP contribution is -2.04. The summed E-state index contributed by atoms with van der Waals surface area (Å²) in [6, 6.07) is 11.2. The molecule has 0 aliphatic carbocycles. The maximum Gasteiger partial charge on any atom is 0.329 e. The van der Waals surface area contributed by atoms with E-state index in [9.17, 15) is 13.0 Å². The van der Waals surface area contributed by atoms with E-state index in [4.69, 9.17) is 19.6 Å². The van der Waals surface area contributed by atoms with Crippen LogP contribution in [0.5, 0.6) is 5.75 Å². The summed E-state index contributed by atoms with van der Waals surface area (Å²) in [7, 11) is -7.93. The topological polar surface area (TPSA) is 121 Å². The van der Waals surface area contributed by atoms with Crippen LogP contribution in [0.4, 0.5) is 0 Å². The van der Waals surface area contributed by atoms with Crippen LogP contribution in [-0.4, -0.2) is 36.5 Å². The van der Waals surface area contributed by atoms with Crippen LogP contribution in [0, 0.1) is 0 Å². The van der Waals surface area contributed by atoms with Gasteiger partial charge >= 0.3 is 7.60 Å². The quantitative estimate of drug-likeness (QED) is 0.631. The predicted molar refractivity (Wildman–Crippen MR) is 86.7 cm³/mol. The normalized spacial score (nSPS) is 12.1. The zero-order chi connectivity index (χ0) is 17.8. The molecule has 0 radical (unpaired) electrons. The van der Waals surface area contributed by atoms with Gasteiger partial charge in [-0.1, -0.05) is 12.1 Å². The second-order valence-corrected chi connectivity index (χ2v) is 8.61. The molecule has 9 heteroatoms. The SMILES string of the molecule is O=P(O)(O)Cc1ccc(S(=O)(=O)c2ccc(OCCO)cc2)cc1. The number of hydrogen-bond acceptors (Lipinski definition) is 5. The van der Waals surface area contributed by atoms with Crippen LogP contribution in [0.25, 0.3) is 0 Å². The van der Waals surface area contributed by atoms with Crippen LogP contribution in [-0.2, 0) is 20.6 Å². The average Bonchev–Trinajstić information content (AvgIpc) is 2.52. The van der Waals surface area contributed by atoms with Crippen molar-refractivity contribution in [1.82, 2.24) is 0 Å². The first-order chi connectivity index (χ1) is 11.2. The third-order valence-corrected chi connectivity index (χ3v) is 5.68. The van der Waals surface area contributed by atoms with Crippen LogP contribution < -0.4 is 4.74 Å². The molecule has 24 heavy (non-hydrogen) atoms. The third-order valence-electron chi connectivity index (χ3n) is 3.12. The fraction of sp³-hybridized carbons (Fsp3) is 0.200. The minimum atomic E-state index is -4.20. The Balaban J connectivity index is 2.22. The van der Waals surface area contributed by atoms with Crippen molar-refractivity contribution in [3.05, 3.63) is 54.1 Å². The number of aliphatic hydroxyl groups is 1. The fourth-order valence-electron chi connectivity index (χ4n) is 2.03. The highest BCUT2D eigenvalue weighted by Gasteiger charge is 2.19. The monoisotopic (exact) mass is 372 g/mol. The van der Waals surface area contributed by atoms with Crippen molar-refractivity contribution in [3.8, 4) is 5.75 Å². The maximum absolute atomic E-state index is 12.5. The molecule has 0 aromatic heterocycles. The van der Waals surface area contributed by atoms with Crippen molar-refractivity contribution in [2.45, 2.75) is 16.0 Å². The van der Waals surface area contributed by atoms with E-state index in [1.165, 1.54) is 48.5 Å². The molecule has 0 spiro atoms. The van der Waals surface area contributed by atoms with Crippen molar-refractivity contribution < 1.29 is 32.6 Å². The summed E-state index contributed by atoms with van der Waals surface area (Å²) in [5, 5.41) is 8.68. The molecule has 0 unspecified atom stereocenters. The molecule has 3 N–H and O–H groups in total. The van der Waals surface area contributed by atoms with E-state index in [1.807, 2.05) is 0 Å². The Morgan fingerprint density at radius 3 is 1.88 bits per heavy atom. The number of rotatable bonds is 7. The summed E-state index contributed by atoms with van der Waals surface area (Å²) >= 11 is 0. The molecular weight excluding hydrogens is 355 g/mol. The van der Waals surface area contributed by atoms with Gasteiger partial charge in [0.1, 0.15) is 12.4 Å². The van der Waals surface area contributed by atoms with Crippen LogP contribution >= 0.6 is 7.60 Å². The van der Waals surface area contributed by atoms with Gasteiger partial charge < -0.3 is 19.6 Å². The Morgan fingerprint density at radius 1 is 0.917 bits per heavy atom. The highest BCUT2D eigenvalue weighted by molar-refractivity contribution is 7.91. The molecule has 0 bridgehead atoms. The highest BCUT2D eigenvalue weighted by Crippen LogP contribution is 2.39.